The quantitative estimate of drug-likeness (QED) is 0.538. The number of phenols is 1. The second-order valence-electron chi connectivity index (χ2n) is 2.96. The van der Waals surface area contributed by atoms with E-state index in [0.717, 1.165) is 5.56 Å². The van der Waals surface area contributed by atoms with Crippen LogP contribution in [0.1, 0.15) is 5.56 Å². The molecule has 4 heteroatoms. The van der Waals surface area contributed by atoms with Crippen molar-refractivity contribution in [2.75, 3.05) is 26.4 Å². The lowest BCUT2D eigenvalue weighted by Gasteiger charge is -1.97. The molecule has 0 bridgehead atoms. The first-order valence-electron chi connectivity index (χ1n) is 4.80. The molecule has 0 heterocycles. The third kappa shape index (κ3) is 5.15. The lowest BCUT2D eigenvalue weighted by Crippen LogP contribution is -2.03. The second-order valence-corrected chi connectivity index (χ2v) is 2.96. The van der Waals surface area contributed by atoms with Crippen LogP contribution in [0.3, 0.4) is 0 Å². The van der Waals surface area contributed by atoms with Crippen LogP contribution in [0.2, 0.25) is 0 Å². The van der Waals surface area contributed by atoms with E-state index in [1.165, 1.54) is 0 Å². The van der Waals surface area contributed by atoms with E-state index in [2.05, 4.69) is 4.99 Å². The molecule has 0 aliphatic carbocycles. The molecule has 0 aromatic heterocycles. The van der Waals surface area contributed by atoms with Crippen LogP contribution in [-0.2, 0) is 4.74 Å². The van der Waals surface area contributed by atoms with E-state index in [4.69, 9.17) is 14.9 Å². The van der Waals surface area contributed by atoms with Crippen LogP contribution in [0.25, 0.3) is 0 Å². The summed E-state index contributed by atoms with van der Waals surface area (Å²) < 4.78 is 5.04. The molecule has 1 aromatic carbocycles. The number of rotatable bonds is 6. The van der Waals surface area contributed by atoms with Crippen LogP contribution in [0.5, 0.6) is 5.75 Å². The highest BCUT2D eigenvalue weighted by Gasteiger charge is 1.88. The molecule has 0 saturated heterocycles. The molecule has 82 valence electrons. The van der Waals surface area contributed by atoms with Gasteiger partial charge in [-0.1, -0.05) is 0 Å². The van der Waals surface area contributed by atoms with Crippen LogP contribution < -0.4 is 0 Å². The molecule has 2 N–H and O–H groups in total. The van der Waals surface area contributed by atoms with Gasteiger partial charge in [0.2, 0.25) is 0 Å². The molecule has 15 heavy (non-hydrogen) atoms. The van der Waals surface area contributed by atoms with Crippen LogP contribution in [0.4, 0.5) is 0 Å². The smallest absolute Gasteiger partial charge is 0.115 e. The Kier molecular flexibility index (Phi) is 5.43. The van der Waals surface area contributed by atoms with Gasteiger partial charge in [0.15, 0.2) is 0 Å². The van der Waals surface area contributed by atoms with Crippen molar-refractivity contribution in [1.82, 2.24) is 0 Å². The zero-order valence-corrected chi connectivity index (χ0v) is 8.47. The standard InChI is InChI=1S/C11H15NO3/c13-6-8-15-7-5-12-9-10-1-3-11(14)4-2-10/h1-4,9,13-14H,5-8H2/b12-9+. The topological polar surface area (TPSA) is 62.0 Å². The maximum atomic E-state index is 9.04. The Morgan fingerprint density at radius 1 is 1.20 bits per heavy atom. The Bertz CT molecular complexity index is 295. The van der Waals surface area contributed by atoms with E-state index in [1.807, 2.05) is 0 Å². The number of aromatic hydroxyl groups is 1. The van der Waals surface area contributed by atoms with E-state index >= 15 is 0 Å². The van der Waals surface area contributed by atoms with Crippen molar-refractivity contribution in [3.63, 3.8) is 0 Å². The van der Waals surface area contributed by atoms with Crippen molar-refractivity contribution in [3.8, 4) is 5.75 Å². The molecule has 0 aliphatic rings. The molecule has 0 amide bonds. The maximum Gasteiger partial charge on any atom is 0.115 e. The fourth-order valence-electron chi connectivity index (χ4n) is 1.01. The first kappa shape index (κ1) is 11.7. The second kappa shape index (κ2) is 6.98. The van der Waals surface area contributed by atoms with E-state index in [1.54, 1.807) is 30.5 Å². The summed E-state index contributed by atoms with van der Waals surface area (Å²) in [6.45, 7) is 1.48. The first-order valence-corrected chi connectivity index (χ1v) is 4.80. The van der Waals surface area contributed by atoms with E-state index in [0.29, 0.717) is 19.8 Å². The van der Waals surface area contributed by atoms with Crippen LogP contribution in [0, 0.1) is 0 Å². The van der Waals surface area contributed by atoms with Gasteiger partial charge < -0.3 is 14.9 Å². The highest BCUT2D eigenvalue weighted by atomic mass is 16.5. The van der Waals surface area contributed by atoms with Gasteiger partial charge in [-0.05, 0) is 29.8 Å². The minimum Gasteiger partial charge on any atom is -0.508 e. The zero-order chi connectivity index (χ0) is 10.9. The monoisotopic (exact) mass is 209 g/mol. The van der Waals surface area contributed by atoms with Gasteiger partial charge in [-0.15, -0.1) is 0 Å². The van der Waals surface area contributed by atoms with Gasteiger partial charge in [-0.3, -0.25) is 4.99 Å². The lowest BCUT2D eigenvalue weighted by molar-refractivity contribution is 0.0978. The summed E-state index contributed by atoms with van der Waals surface area (Å²) in [4.78, 5) is 4.13. The van der Waals surface area contributed by atoms with Gasteiger partial charge in [-0.2, -0.15) is 0 Å². The van der Waals surface area contributed by atoms with Crippen molar-refractivity contribution in [1.29, 1.82) is 0 Å². The molecule has 1 rings (SSSR count). The Morgan fingerprint density at radius 2 is 1.93 bits per heavy atom. The summed E-state index contributed by atoms with van der Waals surface area (Å²) in [5, 5.41) is 17.5. The summed E-state index contributed by atoms with van der Waals surface area (Å²) in [5.74, 6) is 0.249. The molecule has 1 aromatic rings. The predicted octanol–water partition coefficient (Wildman–Crippen LogP) is 0.820. The lowest BCUT2D eigenvalue weighted by atomic mass is 10.2. The fourth-order valence-corrected chi connectivity index (χ4v) is 1.01. The third-order valence-corrected chi connectivity index (χ3v) is 1.73. The van der Waals surface area contributed by atoms with Gasteiger partial charge >= 0.3 is 0 Å². The highest BCUT2D eigenvalue weighted by molar-refractivity contribution is 5.79. The Morgan fingerprint density at radius 3 is 2.60 bits per heavy atom. The van der Waals surface area contributed by atoms with E-state index in [-0.39, 0.29) is 12.4 Å². The molecule has 0 fully saturated rings. The number of phenolic OH excluding ortho intramolecular Hbond substituents is 1. The maximum absolute atomic E-state index is 9.04. The number of aliphatic hydroxyl groups is 1. The number of hydrogen-bond acceptors (Lipinski definition) is 4. The van der Waals surface area contributed by atoms with Crippen molar-refractivity contribution in [3.05, 3.63) is 29.8 Å². The molecular formula is C11H15NO3. The first-order chi connectivity index (χ1) is 7.33. The highest BCUT2D eigenvalue weighted by Crippen LogP contribution is 2.07. The van der Waals surface area contributed by atoms with Crippen molar-refractivity contribution in [2.45, 2.75) is 0 Å². The number of aliphatic imine (C=N–C) groups is 1. The van der Waals surface area contributed by atoms with Crippen LogP contribution >= 0.6 is 0 Å². The van der Waals surface area contributed by atoms with Crippen molar-refractivity contribution < 1.29 is 14.9 Å². The van der Waals surface area contributed by atoms with Gasteiger partial charge in [0, 0.05) is 6.21 Å². The average molecular weight is 209 g/mol. The van der Waals surface area contributed by atoms with Gasteiger partial charge in [-0.25, -0.2) is 0 Å². The SMILES string of the molecule is OCCOCC/N=C/c1ccc(O)cc1. The summed E-state index contributed by atoms with van der Waals surface area (Å²) >= 11 is 0. The molecule has 0 unspecified atom stereocenters. The van der Waals surface area contributed by atoms with Gasteiger partial charge in [0.1, 0.15) is 5.75 Å². The molecule has 4 nitrogen and oxygen atoms in total. The van der Waals surface area contributed by atoms with E-state index in [9.17, 15) is 0 Å². The fraction of sp³-hybridized carbons (Fsp3) is 0.364. The molecule has 0 atom stereocenters. The number of benzene rings is 1. The normalized spacial score (nSPS) is 11.0. The minimum absolute atomic E-state index is 0.0433. The van der Waals surface area contributed by atoms with E-state index < -0.39 is 0 Å². The summed E-state index contributed by atoms with van der Waals surface area (Å²) in [6.07, 6.45) is 1.72. The van der Waals surface area contributed by atoms with Gasteiger partial charge in [0.25, 0.3) is 0 Å². The third-order valence-electron chi connectivity index (χ3n) is 1.73. The Labute approximate surface area is 88.9 Å². The van der Waals surface area contributed by atoms with Crippen LogP contribution in [0.15, 0.2) is 29.3 Å². The molecule has 0 saturated carbocycles. The van der Waals surface area contributed by atoms with Crippen molar-refractivity contribution >= 4 is 6.21 Å². The largest absolute Gasteiger partial charge is 0.508 e. The number of hydrogen-bond donors (Lipinski definition) is 2. The Balaban J connectivity index is 2.23. The average Bonchev–Trinajstić information content (AvgIpc) is 2.26. The Hall–Kier alpha value is -1.39. The number of aliphatic hydroxyl groups excluding tert-OH is 1. The van der Waals surface area contributed by atoms with Crippen LogP contribution in [-0.4, -0.2) is 42.8 Å². The summed E-state index contributed by atoms with van der Waals surface area (Å²) in [7, 11) is 0. The molecular weight excluding hydrogens is 194 g/mol. The molecule has 0 aliphatic heterocycles. The molecule has 0 radical (unpaired) electrons. The number of ether oxygens (including phenoxy) is 1. The summed E-state index contributed by atoms with van der Waals surface area (Å²) in [6, 6.07) is 6.80. The van der Waals surface area contributed by atoms with Crippen molar-refractivity contribution in [2.24, 2.45) is 4.99 Å². The molecule has 0 spiro atoms. The summed E-state index contributed by atoms with van der Waals surface area (Å²) in [5.41, 5.74) is 0.940. The number of nitrogens with zero attached hydrogens (tertiary/aromatic N) is 1. The van der Waals surface area contributed by atoms with Gasteiger partial charge in [0.05, 0.1) is 26.4 Å². The minimum atomic E-state index is 0.0433. The zero-order valence-electron chi connectivity index (χ0n) is 8.47. The predicted molar refractivity (Wildman–Crippen MR) is 58.5 cm³/mol.